The number of fused-ring (bicyclic) bond motifs is 3. The minimum absolute atomic E-state index is 0.0637. The van der Waals surface area contributed by atoms with Crippen LogP contribution in [-0.2, 0) is 11.2 Å². The first kappa shape index (κ1) is 18.0. The number of carboxylic acid groups (broad SMARTS) is 1. The molecule has 27 heavy (non-hydrogen) atoms. The van der Waals surface area contributed by atoms with Gasteiger partial charge in [0.05, 0.1) is 11.9 Å². The van der Waals surface area contributed by atoms with Crippen molar-refractivity contribution in [1.29, 1.82) is 0 Å². The maximum atomic E-state index is 14.8. The van der Waals surface area contributed by atoms with Gasteiger partial charge < -0.3 is 9.67 Å². The van der Waals surface area contributed by atoms with E-state index in [0.717, 1.165) is 23.6 Å². The number of aromatic nitrogens is 1. The minimum Gasteiger partial charge on any atom is -0.481 e. The highest BCUT2D eigenvalue weighted by Gasteiger charge is 2.33. The van der Waals surface area contributed by atoms with Crippen molar-refractivity contribution in [1.82, 2.24) is 4.57 Å². The van der Waals surface area contributed by atoms with Crippen molar-refractivity contribution < 1.29 is 18.7 Å². The molecule has 0 amide bonds. The third-order valence-electron chi connectivity index (χ3n) is 5.25. The van der Waals surface area contributed by atoms with Crippen molar-refractivity contribution in [3.8, 4) is 0 Å². The predicted octanol–water partition coefficient (Wildman–Crippen LogP) is 5.60. The van der Waals surface area contributed by atoms with Gasteiger partial charge in [-0.2, -0.15) is 0 Å². The van der Waals surface area contributed by atoms with E-state index in [2.05, 4.69) is 0 Å². The number of hydrogen-bond acceptors (Lipinski definition) is 1. The van der Waals surface area contributed by atoms with Gasteiger partial charge >= 0.3 is 5.97 Å². The van der Waals surface area contributed by atoms with Crippen molar-refractivity contribution in [3.63, 3.8) is 0 Å². The fourth-order valence-electron chi connectivity index (χ4n) is 4.22. The molecule has 0 fully saturated rings. The van der Waals surface area contributed by atoms with E-state index in [4.69, 9.17) is 11.6 Å². The normalized spacial score (nSPS) is 17.7. The molecule has 1 heterocycles. The molecule has 1 N–H and O–H groups in total. The highest BCUT2D eigenvalue weighted by molar-refractivity contribution is 6.21. The molecule has 140 valence electrons. The van der Waals surface area contributed by atoms with E-state index in [1.165, 1.54) is 6.07 Å². The molecule has 0 saturated carbocycles. The molecule has 0 saturated heterocycles. The molecule has 2 atom stereocenters. The predicted molar refractivity (Wildman–Crippen MR) is 100 cm³/mol. The van der Waals surface area contributed by atoms with Crippen LogP contribution in [0, 0.1) is 11.6 Å². The lowest BCUT2D eigenvalue weighted by atomic mass is 9.84. The van der Waals surface area contributed by atoms with Crippen LogP contribution in [0.2, 0.25) is 0 Å². The van der Waals surface area contributed by atoms with Crippen LogP contribution in [0.5, 0.6) is 0 Å². The molecule has 0 spiro atoms. The molecular formula is C21H18ClF2NO2. The third-order valence-corrected chi connectivity index (χ3v) is 5.70. The fourth-order valence-corrected chi connectivity index (χ4v) is 4.57. The number of carbonyl (C=O) groups is 1. The Hall–Kier alpha value is -2.40. The van der Waals surface area contributed by atoms with E-state index in [1.54, 1.807) is 4.57 Å². The van der Waals surface area contributed by atoms with Crippen LogP contribution < -0.4 is 0 Å². The summed E-state index contributed by atoms with van der Waals surface area (Å²) in [6.07, 6.45) is 2.04. The quantitative estimate of drug-likeness (QED) is 0.590. The molecule has 2 unspecified atom stereocenters. The lowest BCUT2D eigenvalue weighted by Gasteiger charge is -2.27. The van der Waals surface area contributed by atoms with Crippen LogP contribution in [0.1, 0.15) is 47.5 Å². The SMILES string of the molecule is O=C(O)CC1CCCc2c1n(C(Cl)c1ccccc1)c1c(F)cc(F)cc21. The van der Waals surface area contributed by atoms with E-state index in [9.17, 15) is 18.7 Å². The number of nitrogens with zero attached hydrogens (tertiary/aromatic N) is 1. The lowest BCUT2D eigenvalue weighted by molar-refractivity contribution is -0.137. The van der Waals surface area contributed by atoms with Gasteiger partial charge in [0.2, 0.25) is 0 Å². The first-order valence-corrected chi connectivity index (χ1v) is 9.33. The second kappa shape index (κ2) is 6.97. The molecule has 1 aliphatic carbocycles. The van der Waals surface area contributed by atoms with Crippen LogP contribution in [0.4, 0.5) is 8.78 Å². The van der Waals surface area contributed by atoms with E-state index >= 15 is 0 Å². The molecule has 0 bridgehead atoms. The van der Waals surface area contributed by atoms with E-state index in [-0.39, 0.29) is 17.9 Å². The van der Waals surface area contributed by atoms with E-state index in [1.807, 2.05) is 30.3 Å². The Balaban J connectivity index is 2.02. The summed E-state index contributed by atoms with van der Waals surface area (Å²) in [6, 6.07) is 11.4. The smallest absolute Gasteiger partial charge is 0.304 e. The summed E-state index contributed by atoms with van der Waals surface area (Å²) in [5, 5.41) is 9.82. The summed E-state index contributed by atoms with van der Waals surface area (Å²) in [7, 11) is 0. The van der Waals surface area contributed by atoms with Gasteiger partial charge in [0.1, 0.15) is 17.1 Å². The zero-order valence-corrected chi connectivity index (χ0v) is 15.2. The minimum atomic E-state index is -0.915. The van der Waals surface area contributed by atoms with Crippen molar-refractivity contribution in [3.05, 3.63) is 70.9 Å². The number of aryl methyl sites for hydroxylation is 1. The summed E-state index contributed by atoms with van der Waals surface area (Å²) in [6.45, 7) is 0. The summed E-state index contributed by atoms with van der Waals surface area (Å²) in [4.78, 5) is 11.4. The van der Waals surface area contributed by atoms with Crippen LogP contribution in [0.3, 0.4) is 0 Å². The summed E-state index contributed by atoms with van der Waals surface area (Å²) < 4.78 is 30.4. The third kappa shape index (κ3) is 3.10. The Labute approximate surface area is 160 Å². The second-order valence-corrected chi connectivity index (χ2v) is 7.36. The number of benzene rings is 2. The zero-order chi connectivity index (χ0) is 19.1. The Morgan fingerprint density at radius 2 is 2.00 bits per heavy atom. The largest absolute Gasteiger partial charge is 0.481 e. The molecule has 2 aromatic carbocycles. The number of alkyl halides is 1. The molecule has 0 radical (unpaired) electrons. The highest BCUT2D eigenvalue weighted by atomic mass is 35.5. The van der Waals surface area contributed by atoms with Gasteiger partial charge in [-0.1, -0.05) is 41.9 Å². The first-order valence-electron chi connectivity index (χ1n) is 8.90. The van der Waals surface area contributed by atoms with E-state index < -0.39 is 23.1 Å². The molecule has 1 aliphatic rings. The van der Waals surface area contributed by atoms with Gasteiger partial charge in [0, 0.05) is 23.1 Å². The van der Waals surface area contributed by atoms with E-state index in [0.29, 0.717) is 23.9 Å². The van der Waals surface area contributed by atoms with Crippen molar-refractivity contribution >= 4 is 28.5 Å². The monoisotopic (exact) mass is 389 g/mol. The van der Waals surface area contributed by atoms with Crippen molar-refractivity contribution in [2.75, 3.05) is 0 Å². The molecular weight excluding hydrogens is 372 g/mol. The maximum absolute atomic E-state index is 14.8. The van der Waals surface area contributed by atoms with Gasteiger partial charge in [-0.3, -0.25) is 4.79 Å². The topological polar surface area (TPSA) is 42.2 Å². The van der Waals surface area contributed by atoms with Crippen LogP contribution in [0.15, 0.2) is 42.5 Å². The highest BCUT2D eigenvalue weighted by Crippen LogP contribution is 2.44. The molecule has 6 heteroatoms. The number of halogens is 3. The van der Waals surface area contributed by atoms with Gasteiger partial charge in [0.15, 0.2) is 0 Å². The number of rotatable bonds is 4. The Morgan fingerprint density at radius 1 is 1.26 bits per heavy atom. The summed E-state index contributed by atoms with van der Waals surface area (Å²) in [5.41, 5.74) is 1.81. The number of carboxylic acids is 1. The maximum Gasteiger partial charge on any atom is 0.304 e. The van der Waals surface area contributed by atoms with Crippen molar-refractivity contribution in [2.45, 2.75) is 37.1 Å². The zero-order valence-electron chi connectivity index (χ0n) is 14.5. The van der Waals surface area contributed by atoms with Crippen LogP contribution >= 0.6 is 11.6 Å². The fraction of sp³-hybridized carbons (Fsp3) is 0.286. The summed E-state index contributed by atoms with van der Waals surface area (Å²) >= 11 is 6.76. The summed E-state index contributed by atoms with van der Waals surface area (Å²) in [5.74, 6) is -2.53. The van der Waals surface area contributed by atoms with Gasteiger partial charge in [-0.05, 0) is 36.5 Å². The number of aliphatic carboxylic acids is 1. The second-order valence-electron chi connectivity index (χ2n) is 6.95. The molecule has 3 aromatic rings. The Morgan fingerprint density at radius 3 is 2.70 bits per heavy atom. The van der Waals surface area contributed by atoms with Gasteiger partial charge in [-0.25, -0.2) is 8.78 Å². The standard InChI is InChI=1S/C21H18ClF2NO2/c22-21(12-5-2-1-3-6-12)25-19-13(9-18(26)27)7-4-8-15(19)16-10-14(23)11-17(24)20(16)25/h1-3,5-6,10-11,13,21H,4,7-9H2,(H,26,27). The Kier molecular flexibility index (Phi) is 4.64. The molecule has 0 aliphatic heterocycles. The van der Waals surface area contributed by atoms with Gasteiger partial charge in [-0.15, -0.1) is 0 Å². The average Bonchev–Trinajstić information content (AvgIpc) is 2.97. The molecule has 3 nitrogen and oxygen atoms in total. The van der Waals surface area contributed by atoms with Crippen molar-refractivity contribution in [2.24, 2.45) is 0 Å². The average molecular weight is 390 g/mol. The lowest BCUT2D eigenvalue weighted by Crippen LogP contribution is -2.19. The van der Waals surface area contributed by atoms with Crippen LogP contribution in [-0.4, -0.2) is 15.6 Å². The van der Waals surface area contributed by atoms with Crippen LogP contribution in [0.25, 0.3) is 10.9 Å². The molecule has 4 rings (SSSR count). The van der Waals surface area contributed by atoms with Gasteiger partial charge in [0.25, 0.3) is 0 Å². The Bertz CT molecular complexity index is 1020. The number of hydrogen-bond donors (Lipinski definition) is 1. The molecule has 1 aromatic heterocycles. The first-order chi connectivity index (χ1) is 13.0.